The highest BCUT2D eigenvalue weighted by molar-refractivity contribution is 7.14. The highest BCUT2D eigenvalue weighted by atomic mass is 32.1. The molecule has 0 amide bonds. The monoisotopic (exact) mass is 381 g/mol. The van der Waals surface area contributed by atoms with E-state index in [0.717, 1.165) is 47.9 Å². The van der Waals surface area contributed by atoms with Crippen LogP contribution in [0, 0.1) is 0 Å². The quantitative estimate of drug-likeness (QED) is 0.287. The average Bonchev–Trinajstić information content (AvgIpc) is 3.15. The number of nitrogens with zero attached hydrogens (tertiary/aromatic N) is 2. The van der Waals surface area contributed by atoms with Crippen molar-refractivity contribution in [3.8, 4) is 17.1 Å². The Labute approximate surface area is 163 Å². The minimum Gasteiger partial charge on any atom is -0.426 e. The summed E-state index contributed by atoms with van der Waals surface area (Å²) in [6.07, 6.45) is 6.46. The van der Waals surface area contributed by atoms with Gasteiger partial charge in [-0.2, -0.15) is 0 Å². The van der Waals surface area contributed by atoms with Crippen LogP contribution >= 0.6 is 11.3 Å². The largest absolute Gasteiger partial charge is 0.426 e. The number of hydrogen-bond acceptors (Lipinski definition) is 6. The highest BCUT2D eigenvalue weighted by Crippen LogP contribution is 2.27. The van der Waals surface area contributed by atoms with Crippen molar-refractivity contribution in [3.63, 3.8) is 0 Å². The van der Waals surface area contributed by atoms with Crippen LogP contribution in [0.4, 0.5) is 10.8 Å². The molecule has 2 heterocycles. The second-order valence-corrected chi connectivity index (χ2v) is 7.05. The van der Waals surface area contributed by atoms with Crippen LogP contribution in [0.25, 0.3) is 11.4 Å². The van der Waals surface area contributed by atoms with Gasteiger partial charge in [-0.05, 0) is 30.7 Å². The van der Waals surface area contributed by atoms with Gasteiger partial charge >= 0.3 is 5.97 Å². The van der Waals surface area contributed by atoms with Gasteiger partial charge in [0.2, 0.25) is 0 Å². The van der Waals surface area contributed by atoms with Gasteiger partial charge in [0.15, 0.2) is 5.13 Å². The molecule has 1 N–H and O–H groups in total. The maximum Gasteiger partial charge on any atom is 0.311 e. The summed E-state index contributed by atoms with van der Waals surface area (Å²) in [6, 6.07) is 13.1. The number of carbonyl (C=O) groups is 1. The molecule has 0 aliphatic rings. The molecule has 3 rings (SSSR count). The summed E-state index contributed by atoms with van der Waals surface area (Å²) in [5, 5.41) is 5.98. The third-order valence-electron chi connectivity index (χ3n) is 3.98. The van der Waals surface area contributed by atoms with Crippen molar-refractivity contribution in [2.75, 3.05) is 5.32 Å². The molecule has 27 heavy (non-hydrogen) atoms. The molecule has 0 spiro atoms. The number of carbonyl (C=O) groups excluding carboxylic acids is 1. The molecule has 0 saturated heterocycles. The molecule has 0 fully saturated rings. The van der Waals surface area contributed by atoms with Crippen LogP contribution in [0.1, 0.15) is 39.0 Å². The van der Waals surface area contributed by atoms with Crippen molar-refractivity contribution in [2.24, 2.45) is 0 Å². The predicted molar refractivity (Wildman–Crippen MR) is 109 cm³/mol. The zero-order chi connectivity index (χ0) is 18.9. The van der Waals surface area contributed by atoms with Crippen LogP contribution < -0.4 is 10.1 Å². The number of esters is 1. The molecule has 0 bridgehead atoms. The lowest BCUT2D eigenvalue weighted by molar-refractivity contribution is -0.134. The van der Waals surface area contributed by atoms with Crippen LogP contribution in [-0.4, -0.2) is 15.9 Å². The number of benzene rings is 1. The van der Waals surface area contributed by atoms with Gasteiger partial charge in [-0.1, -0.05) is 38.3 Å². The van der Waals surface area contributed by atoms with Gasteiger partial charge in [0.05, 0.1) is 5.69 Å². The van der Waals surface area contributed by atoms with Crippen molar-refractivity contribution in [2.45, 2.75) is 39.0 Å². The molecule has 1 aromatic carbocycles. The van der Waals surface area contributed by atoms with E-state index in [2.05, 4.69) is 22.2 Å². The highest BCUT2D eigenvalue weighted by Gasteiger charge is 2.08. The number of anilines is 2. The maximum atomic E-state index is 11.9. The Hall–Kier alpha value is -2.73. The van der Waals surface area contributed by atoms with E-state index in [1.54, 1.807) is 12.3 Å². The van der Waals surface area contributed by atoms with E-state index >= 15 is 0 Å². The number of unbranched alkanes of at least 4 members (excludes halogenated alkanes) is 3. The first-order chi connectivity index (χ1) is 13.2. The van der Waals surface area contributed by atoms with E-state index in [1.165, 1.54) is 11.3 Å². The molecule has 5 nitrogen and oxygen atoms in total. The van der Waals surface area contributed by atoms with E-state index in [4.69, 9.17) is 4.74 Å². The van der Waals surface area contributed by atoms with Crippen LogP contribution in [0.3, 0.4) is 0 Å². The molecule has 0 radical (unpaired) electrons. The Kier molecular flexibility index (Phi) is 6.93. The van der Waals surface area contributed by atoms with E-state index in [9.17, 15) is 4.79 Å². The van der Waals surface area contributed by atoms with Crippen molar-refractivity contribution < 1.29 is 9.53 Å². The van der Waals surface area contributed by atoms with Crippen LogP contribution in [0.5, 0.6) is 5.75 Å². The van der Waals surface area contributed by atoms with Crippen molar-refractivity contribution in [1.29, 1.82) is 0 Å². The van der Waals surface area contributed by atoms with Gasteiger partial charge in [-0.25, -0.2) is 4.98 Å². The Morgan fingerprint density at radius 3 is 2.85 bits per heavy atom. The minimum absolute atomic E-state index is 0.185. The minimum atomic E-state index is -0.185. The van der Waals surface area contributed by atoms with Gasteiger partial charge in [0.1, 0.15) is 11.4 Å². The first kappa shape index (κ1) is 19.0. The fourth-order valence-electron chi connectivity index (χ4n) is 2.60. The lowest BCUT2D eigenvalue weighted by atomic mass is 10.1. The lowest BCUT2D eigenvalue weighted by Crippen LogP contribution is -2.07. The van der Waals surface area contributed by atoms with Crippen LogP contribution in [0.2, 0.25) is 0 Å². The molecule has 0 aliphatic heterocycles. The number of ether oxygens (including phenoxy) is 1. The van der Waals surface area contributed by atoms with Crippen molar-refractivity contribution in [3.05, 3.63) is 54.0 Å². The molecule has 0 unspecified atom stereocenters. The fraction of sp³-hybridized carbons (Fsp3) is 0.286. The van der Waals surface area contributed by atoms with Gasteiger partial charge in [0.25, 0.3) is 0 Å². The van der Waals surface area contributed by atoms with Gasteiger partial charge in [-0.15, -0.1) is 11.3 Å². The first-order valence-corrected chi connectivity index (χ1v) is 10.1. The number of thiazole rings is 1. The van der Waals surface area contributed by atoms with E-state index in [1.807, 2.05) is 41.8 Å². The summed E-state index contributed by atoms with van der Waals surface area (Å²) in [5.74, 6) is 0.358. The fourth-order valence-corrected chi connectivity index (χ4v) is 3.33. The van der Waals surface area contributed by atoms with Crippen molar-refractivity contribution in [1.82, 2.24) is 9.97 Å². The van der Waals surface area contributed by atoms with E-state index in [-0.39, 0.29) is 5.97 Å². The number of pyridine rings is 1. The third kappa shape index (κ3) is 5.89. The number of nitrogens with one attached hydrogen (secondary N) is 1. The zero-order valence-electron chi connectivity index (χ0n) is 15.4. The second-order valence-electron chi connectivity index (χ2n) is 6.19. The zero-order valence-corrected chi connectivity index (χ0v) is 16.2. The van der Waals surface area contributed by atoms with Crippen LogP contribution in [-0.2, 0) is 4.79 Å². The van der Waals surface area contributed by atoms with Crippen LogP contribution in [0.15, 0.2) is 54.0 Å². The number of hydrogen-bond donors (Lipinski definition) is 1. The second kappa shape index (κ2) is 9.83. The number of rotatable bonds is 9. The lowest BCUT2D eigenvalue weighted by Gasteiger charge is -2.07. The maximum absolute atomic E-state index is 11.9. The summed E-state index contributed by atoms with van der Waals surface area (Å²) in [5.41, 5.74) is 2.50. The summed E-state index contributed by atoms with van der Waals surface area (Å²) < 4.78 is 5.44. The molecule has 6 heteroatoms. The Bertz CT molecular complexity index is 865. The molecule has 0 aliphatic carbocycles. The number of aromatic nitrogens is 2. The smallest absolute Gasteiger partial charge is 0.311 e. The third-order valence-corrected chi connectivity index (χ3v) is 4.74. The molecule has 140 valence electrons. The summed E-state index contributed by atoms with van der Waals surface area (Å²) in [6.45, 7) is 2.15. The topological polar surface area (TPSA) is 64.1 Å². The standard InChI is InChI=1S/C21H23N3O2S/c1-2-3-4-5-12-20(25)26-17-10-8-9-16(14-17)23-21-24-19(15-27-21)18-11-6-7-13-22-18/h6-11,13-15H,2-5,12H2,1H3,(H,23,24). The normalized spacial score (nSPS) is 10.6. The van der Waals surface area contributed by atoms with Gasteiger partial charge < -0.3 is 10.1 Å². The molecule has 0 atom stereocenters. The Balaban J connectivity index is 1.58. The Morgan fingerprint density at radius 1 is 1.11 bits per heavy atom. The Morgan fingerprint density at radius 2 is 2.04 bits per heavy atom. The SMILES string of the molecule is CCCCCCC(=O)Oc1cccc(Nc2nc(-c3ccccn3)cs2)c1. The first-order valence-electron chi connectivity index (χ1n) is 9.19. The predicted octanol–water partition coefficient (Wildman–Crippen LogP) is 5.82. The van der Waals surface area contributed by atoms with Crippen molar-refractivity contribution >= 4 is 28.1 Å². The molecule has 3 aromatic rings. The van der Waals surface area contributed by atoms with Gasteiger partial charge in [-0.3, -0.25) is 9.78 Å². The van der Waals surface area contributed by atoms with Gasteiger partial charge in [0, 0.05) is 29.8 Å². The molecule has 2 aromatic heterocycles. The summed E-state index contributed by atoms with van der Waals surface area (Å²) >= 11 is 1.50. The molecular formula is C21H23N3O2S. The molecule has 0 saturated carbocycles. The summed E-state index contributed by atoms with van der Waals surface area (Å²) in [4.78, 5) is 20.8. The molecular weight excluding hydrogens is 358 g/mol. The van der Waals surface area contributed by atoms with E-state index in [0.29, 0.717) is 12.2 Å². The average molecular weight is 382 g/mol. The summed E-state index contributed by atoms with van der Waals surface area (Å²) in [7, 11) is 0. The van der Waals surface area contributed by atoms with E-state index < -0.39 is 0 Å².